The third-order valence-electron chi connectivity index (χ3n) is 4.28. The molecule has 0 atom stereocenters. The molecule has 0 aliphatic carbocycles. The average molecular weight is 466 g/mol. The summed E-state index contributed by atoms with van der Waals surface area (Å²) in [5.41, 5.74) is 1.31. The molecular formula is C19H20BrN3O4S. The molecule has 2 aromatic carbocycles. The predicted octanol–water partition coefficient (Wildman–Crippen LogP) is 2.88. The van der Waals surface area contributed by atoms with Crippen molar-refractivity contribution in [3.63, 3.8) is 0 Å². The molecule has 1 saturated heterocycles. The maximum absolute atomic E-state index is 12.2. The van der Waals surface area contributed by atoms with E-state index in [4.69, 9.17) is 0 Å². The first-order chi connectivity index (χ1) is 13.3. The summed E-state index contributed by atoms with van der Waals surface area (Å²) in [6.07, 6.45) is 1.35. The zero-order valence-corrected chi connectivity index (χ0v) is 17.4. The Kier molecular flexibility index (Phi) is 6.48. The first-order valence-corrected chi connectivity index (χ1v) is 11.1. The molecule has 3 rings (SSSR count). The fourth-order valence-electron chi connectivity index (χ4n) is 2.89. The van der Waals surface area contributed by atoms with Crippen molar-refractivity contribution in [3.8, 4) is 0 Å². The molecule has 2 amide bonds. The lowest BCUT2D eigenvalue weighted by Gasteiger charge is -2.16. The molecule has 148 valence electrons. The number of carbonyl (C=O) groups excluding carboxylic acids is 2. The lowest BCUT2D eigenvalue weighted by molar-refractivity contribution is -0.117. The molecule has 0 saturated carbocycles. The van der Waals surface area contributed by atoms with Crippen molar-refractivity contribution < 1.29 is 18.0 Å². The van der Waals surface area contributed by atoms with Gasteiger partial charge in [-0.1, -0.05) is 22.0 Å². The van der Waals surface area contributed by atoms with Crippen LogP contribution in [-0.2, 0) is 19.6 Å². The molecule has 7 nitrogen and oxygen atoms in total. The highest BCUT2D eigenvalue weighted by atomic mass is 79.9. The lowest BCUT2D eigenvalue weighted by Crippen LogP contribution is -2.28. The van der Waals surface area contributed by atoms with E-state index in [-0.39, 0.29) is 29.7 Å². The summed E-state index contributed by atoms with van der Waals surface area (Å²) >= 11 is 3.26. The topological polar surface area (TPSA) is 95.6 Å². The molecule has 0 bridgehead atoms. The molecule has 1 aliphatic rings. The monoisotopic (exact) mass is 465 g/mol. The molecule has 1 heterocycles. The van der Waals surface area contributed by atoms with E-state index in [2.05, 4.69) is 26.0 Å². The van der Waals surface area contributed by atoms with Crippen LogP contribution in [0.25, 0.3) is 0 Å². The van der Waals surface area contributed by atoms with Crippen LogP contribution in [0.15, 0.2) is 57.9 Å². The van der Waals surface area contributed by atoms with Gasteiger partial charge in [0.05, 0.1) is 4.90 Å². The highest BCUT2D eigenvalue weighted by Crippen LogP contribution is 2.24. The Labute approximate surface area is 172 Å². The van der Waals surface area contributed by atoms with Crippen LogP contribution in [0.1, 0.15) is 19.3 Å². The molecule has 2 aromatic rings. The molecule has 0 aromatic heterocycles. The highest BCUT2D eigenvalue weighted by molar-refractivity contribution is 9.10. The number of hydrogen-bond donors (Lipinski definition) is 2. The van der Waals surface area contributed by atoms with Gasteiger partial charge in [-0.25, -0.2) is 13.1 Å². The van der Waals surface area contributed by atoms with Crippen LogP contribution in [0.5, 0.6) is 0 Å². The Bertz CT molecular complexity index is 977. The fourth-order valence-corrected chi connectivity index (χ4v) is 4.19. The number of nitrogens with zero attached hydrogens (tertiary/aromatic N) is 1. The molecule has 1 aliphatic heterocycles. The van der Waals surface area contributed by atoms with Gasteiger partial charge < -0.3 is 10.2 Å². The number of amides is 2. The van der Waals surface area contributed by atoms with Crippen molar-refractivity contribution in [3.05, 3.63) is 53.0 Å². The summed E-state index contributed by atoms with van der Waals surface area (Å²) in [4.78, 5) is 25.8. The van der Waals surface area contributed by atoms with Crippen molar-refractivity contribution in [1.82, 2.24) is 4.72 Å². The van der Waals surface area contributed by atoms with Gasteiger partial charge in [-0.15, -0.1) is 0 Å². The van der Waals surface area contributed by atoms with E-state index in [9.17, 15) is 18.0 Å². The Morgan fingerprint density at radius 2 is 1.89 bits per heavy atom. The number of anilines is 2. The van der Waals surface area contributed by atoms with Gasteiger partial charge in [-0.2, -0.15) is 0 Å². The molecule has 0 spiro atoms. The van der Waals surface area contributed by atoms with E-state index < -0.39 is 10.0 Å². The van der Waals surface area contributed by atoms with Gasteiger partial charge in [0.1, 0.15) is 0 Å². The minimum Gasteiger partial charge on any atom is -0.326 e. The number of carbonyl (C=O) groups is 2. The van der Waals surface area contributed by atoms with E-state index >= 15 is 0 Å². The first-order valence-electron chi connectivity index (χ1n) is 8.81. The molecular weight excluding hydrogens is 446 g/mol. The van der Waals surface area contributed by atoms with Crippen LogP contribution in [0.3, 0.4) is 0 Å². The fraction of sp³-hybridized carbons (Fsp3) is 0.263. The Balaban J connectivity index is 1.53. The van der Waals surface area contributed by atoms with Gasteiger partial charge >= 0.3 is 0 Å². The predicted molar refractivity (Wildman–Crippen MR) is 111 cm³/mol. The summed E-state index contributed by atoms with van der Waals surface area (Å²) in [6, 6.07) is 13.3. The number of halogens is 1. The zero-order chi connectivity index (χ0) is 20.1. The van der Waals surface area contributed by atoms with Crippen LogP contribution in [0, 0.1) is 0 Å². The normalized spacial score (nSPS) is 14.3. The summed E-state index contributed by atoms with van der Waals surface area (Å²) in [5.74, 6) is -0.241. The van der Waals surface area contributed by atoms with Crippen LogP contribution in [0.2, 0.25) is 0 Å². The highest BCUT2D eigenvalue weighted by Gasteiger charge is 2.21. The zero-order valence-electron chi connectivity index (χ0n) is 15.0. The Morgan fingerprint density at radius 3 is 2.57 bits per heavy atom. The van der Waals surface area contributed by atoms with Crippen molar-refractivity contribution in [2.24, 2.45) is 0 Å². The molecule has 0 radical (unpaired) electrons. The van der Waals surface area contributed by atoms with Crippen LogP contribution < -0.4 is 14.9 Å². The average Bonchev–Trinajstić information content (AvgIpc) is 3.08. The van der Waals surface area contributed by atoms with Crippen molar-refractivity contribution in [2.45, 2.75) is 24.2 Å². The van der Waals surface area contributed by atoms with E-state index in [0.29, 0.717) is 18.7 Å². The maximum Gasteiger partial charge on any atom is 0.240 e. The van der Waals surface area contributed by atoms with Crippen LogP contribution >= 0.6 is 15.9 Å². The molecule has 1 fully saturated rings. The number of hydrogen-bond acceptors (Lipinski definition) is 4. The van der Waals surface area contributed by atoms with Crippen molar-refractivity contribution in [1.29, 1.82) is 0 Å². The van der Waals surface area contributed by atoms with Crippen molar-refractivity contribution >= 4 is 49.1 Å². The second-order valence-electron chi connectivity index (χ2n) is 6.35. The third kappa shape index (κ3) is 5.18. The number of sulfonamides is 1. The van der Waals surface area contributed by atoms with Gasteiger partial charge in [-0.05, 0) is 48.9 Å². The molecule has 0 unspecified atom stereocenters. The minimum absolute atomic E-state index is 0.0113. The standard InChI is InChI=1S/C19H20BrN3O4S/c20-14-6-8-17(9-7-14)28(26,27)21-11-10-18(24)22-15-3-1-4-16(13-15)23-12-2-5-19(23)25/h1,3-4,6-9,13,21H,2,5,10-12H2,(H,22,24). The lowest BCUT2D eigenvalue weighted by atomic mass is 10.2. The van der Waals surface area contributed by atoms with Crippen molar-refractivity contribution in [2.75, 3.05) is 23.3 Å². The second kappa shape index (κ2) is 8.85. The van der Waals surface area contributed by atoms with Crippen LogP contribution in [-0.4, -0.2) is 33.3 Å². The quantitative estimate of drug-likeness (QED) is 0.656. The summed E-state index contributed by atoms with van der Waals surface area (Å²) in [5, 5.41) is 2.74. The largest absolute Gasteiger partial charge is 0.326 e. The van der Waals surface area contributed by atoms with Crippen LogP contribution in [0.4, 0.5) is 11.4 Å². The van der Waals surface area contributed by atoms with Gasteiger partial charge in [0.2, 0.25) is 21.8 Å². The molecule has 28 heavy (non-hydrogen) atoms. The number of benzene rings is 2. The van der Waals surface area contributed by atoms with Gasteiger partial charge in [0.25, 0.3) is 0 Å². The van der Waals surface area contributed by atoms with Gasteiger partial charge in [-0.3, -0.25) is 9.59 Å². The Hall–Kier alpha value is -2.23. The number of rotatable bonds is 7. The third-order valence-corrected chi connectivity index (χ3v) is 6.29. The minimum atomic E-state index is -3.66. The summed E-state index contributed by atoms with van der Waals surface area (Å²) in [6.45, 7) is 0.655. The summed E-state index contributed by atoms with van der Waals surface area (Å²) in [7, 11) is -3.66. The van der Waals surface area contributed by atoms with Gasteiger partial charge in [0, 0.05) is 41.8 Å². The number of nitrogens with one attached hydrogen (secondary N) is 2. The van der Waals surface area contributed by atoms with E-state index in [1.54, 1.807) is 35.2 Å². The molecule has 2 N–H and O–H groups in total. The van der Waals surface area contributed by atoms with E-state index in [1.807, 2.05) is 6.07 Å². The second-order valence-corrected chi connectivity index (χ2v) is 9.03. The maximum atomic E-state index is 12.2. The van der Waals surface area contributed by atoms with E-state index in [0.717, 1.165) is 16.6 Å². The SMILES string of the molecule is O=C(CCNS(=O)(=O)c1ccc(Br)cc1)Nc1cccc(N2CCCC2=O)c1. The van der Waals surface area contributed by atoms with Gasteiger partial charge in [0.15, 0.2) is 0 Å². The summed E-state index contributed by atoms with van der Waals surface area (Å²) < 4.78 is 27.6. The Morgan fingerprint density at radius 1 is 1.14 bits per heavy atom. The first kappa shape index (κ1) is 20.5. The molecule has 9 heteroatoms. The smallest absolute Gasteiger partial charge is 0.240 e. The van der Waals surface area contributed by atoms with E-state index in [1.165, 1.54) is 12.1 Å².